The minimum absolute atomic E-state index is 0.00440. The summed E-state index contributed by atoms with van der Waals surface area (Å²) >= 11 is 0. The summed E-state index contributed by atoms with van der Waals surface area (Å²) in [5.74, 6) is 0.873. The number of hydrogen-bond acceptors (Lipinski definition) is 5. The Labute approximate surface area is 164 Å². The molecule has 1 unspecified atom stereocenters. The van der Waals surface area contributed by atoms with Crippen LogP contribution in [0.15, 0.2) is 30.4 Å². The predicted octanol–water partition coefficient (Wildman–Crippen LogP) is 3.99. The van der Waals surface area contributed by atoms with Crippen molar-refractivity contribution in [2.75, 3.05) is 20.8 Å². The summed E-state index contributed by atoms with van der Waals surface area (Å²) in [5.41, 5.74) is 3.43. The molecule has 0 bridgehead atoms. The van der Waals surface area contributed by atoms with Crippen molar-refractivity contribution in [3.05, 3.63) is 58.4 Å². The number of carbonyl (C=O) groups excluding carboxylic acids is 2. The van der Waals surface area contributed by atoms with Gasteiger partial charge in [-0.1, -0.05) is 18.2 Å². The maximum atomic E-state index is 12.8. The molecule has 1 aromatic carbocycles. The highest BCUT2D eigenvalue weighted by molar-refractivity contribution is 6.03. The van der Waals surface area contributed by atoms with Gasteiger partial charge in [0, 0.05) is 17.7 Å². The molecule has 1 aliphatic carbocycles. The molecule has 0 saturated carbocycles. The van der Waals surface area contributed by atoms with Gasteiger partial charge in [-0.15, -0.1) is 0 Å². The molecule has 2 aromatic rings. The van der Waals surface area contributed by atoms with Gasteiger partial charge in [-0.25, -0.2) is 4.79 Å². The standard InChI is InChI=1S/C22H25NO5/c1-5-6-9-28-22(25)21-13(2)20-16(23-21)10-15(11-17(20)24)14-7-8-18(26-3)19(12-14)27-4/h5-8,12,15,23H,9-11H2,1-4H3. The first-order chi connectivity index (χ1) is 13.5. The molecule has 3 rings (SSSR count). The van der Waals surface area contributed by atoms with Crippen LogP contribution in [-0.4, -0.2) is 37.6 Å². The maximum absolute atomic E-state index is 12.8. The lowest BCUT2D eigenvalue weighted by molar-refractivity contribution is 0.0542. The number of Topliss-reactive ketones (excluding diaryl/α,β-unsaturated/α-hetero) is 1. The molecule has 6 heteroatoms. The molecule has 0 aliphatic heterocycles. The maximum Gasteiger partial charge on any atom is 0.355 e. The van der Waals surface area contributed by atoms with Gasteiger partial charge in [-0.2, -0.15) is 0 Å². The Morgan fingerprint density at radius 2 is 1.96 bits per heavy atom. The summed E-state index contributed by atoms with van der Waals surface area (Å²) in [7, 11) is 3.18. The lowest BCUT2D eigenvalue weighted by atomic mass is 9.81. The number of ketones is 1. The van der Waals surface area contributed by atoms with Crippen molar-refractivity contribution in [1.29, 1.82) is 0 Å². The van der Waals surface area contributed by atoms with E-state index in [4.69, 9.17) is 14.2 Å². The van der Waals surface area contributed by atoms with Crippen molar-refractivity contribution in [3.63, 3.8) is 0 Å². The molecule has 0 radical (unpaired) electrons. The van der Waals surface area contributed by atoms with Crippen molar-refractivity contribution in [2.45, 2.75) is 32.6 Å². The molecule has 0 fully saturated rings. The van der Waals surface area contributed by atoms with Gasteiger partial charge in [0.1, 0.15) is 12.3 Å². The van der Waals surface area contributed by atoms with Crippen LogP contribution in [0.4, 0.5) is 0 Å². The zero-order valence-corrected chi connectivity index (χ0v) is 16.6. The summed E-state index contributed by atoms with van der Waals surface area (Å²) in [6, 6.07) is 5.70. The van der Waals surface area contributed by atoms with E-state index in [-0.39, 0.29) is 18.3 Å². The number of rotatable bonds is 6. The van der Waals surface area contributed by atoms with Gasteiger partial charge >= 0.3 is 5.97 Å². The van der Waals surface area contributed by atoms with E-state index in [0.717, 1.165) is 11.3 Å². The number of hydrogen-bond donors (Lipinski definition) is 1. The lowest BCUT2D eigenvalue weighted by Gasteiger charge is -2.23. The van der Waals surface area contributed by atoms with E-state index in [1.807, 2.05) is 31.2 Å². The zero-order chi connectivity index (χ0) is 20.3. The van der Waals surface area contributed by atoms with Crippen molar-refractivity contribution in [3.8, 4) is 11.5 Å². The van der Waals surface area contributed by atoms with Crippen LogP contribution in [0.1, 0.15) is 56.9 Å². The second-order valence-electron chi connectivity index (χ2n) is 6.79. The smallest absolute Gasteiger partial charge is 0.355 e. The minimum Gasteiger partial charge on any atom is -0.493 e. The average Bonchev–Trinajstić information content (AvgIpc) is 3.04. The largest absolute Gasteiger partial charge is 0.493 e. The van der Waals surface area contributed by atoms with Crippen LogP contribution in [0.3, 0.4) is 0 Å². The number of nitrogens with one attached hydrogen (secondary N) is 1. The van der Waals surface area contributed by atoms with Crippen molar-refractivity contribution >= 4 is 11.8 Å². The quantitative estimate of drug-likeness (QED) is 0.603. The van der Waals surface area contributed by atoms with Gasteiger partial charge in [0.15, 0.2) is 17.3 Å². The predicted molar refractivity (Wildman–Crippen MR) is 106 cm³/mol. The lowest BCUT2D eigenvalue weighted by Crippen LogP contribution is -2.18. The first-order valence-electron chi connectivity index (χ1n) is 9.25. The Hall–Kier alpha value is -3.02. The Morgan fingerprint density at radius 3 is 2.64 bits per heavy atom. The number of carbonyl (C=O) groups is 2. The number of aromatic nitrogens is 1. The molecular formula is C22H25NO5. The van der Waals surface area contributed by atoms with Crippen LogP contribution < -0.4 is 9.47 Å². The molecule has 1 heterocycles. The molecule has 1 aromatic heterocycles. The van der Waals surface area contributed by atoms with Crippen molar-refractivity contribution in [1.82, 2.24) is 4.98 Å². The number of benzene rings is 1. The molecule has 0 saturated heterocycles. The average molecular weight is 383 g/mol. The van der Waals surface area contributed by atoms with E-state index in [9.17, 15) is 9.59 Å². The fraction of sp³-hybridized carbons (Fsp3) is 0.364. The zero-order valence-electron chi connectivity index (χ0n) is 16.6. The summed E-state index contributed by atoms with van der Waals surface area (Å²) in [4.78, 5) is 28.3. The van der Waals surface area contributed by atoms with E-state index < -0.39 is 5.97 Å². The summed E-state index contributed by atoms with van der Waals surface area (Å²) in [6.45, 7) is 3.86. The second kappa shape index (κ2) is 8.33. The molecule has 1 atom stereocenters. The normalized spacial score (nSPS) is 16.1. The number of aromatic amines is 1. The number of esters is 1. The molecule has 1 N–H and O–H groups in total. The topological polar surface area (TPSA) is 77.6 Å². The number of allylic oxidation sites excluding steroid dienone is 1. The highest BCUT2D eigenvalue weighted by Gasteiger charge is 2.32. The molecule has 148 valence electrons. The van der Waals surface area contributed by atoms with Crippen LogP contribution in [0, 0.1) is 6.92 Å². The fourth-order valence-electron chi connectivity index (χ4n) is 3.67. The molecule has 0 spiro atoms. The van der Waals surface area contributed by atoms with E-state index in [0.29, 0.717) is 41.2 Å². The highest BCUT2D eigenvalue weighted by atomic mass is 16.5. The second-order valence-corrected chi connectivity index (χ2v) is 6.79. The third kappa shape index (κ3) is 3.67. The van der Waals surface area contributed by atoms with E-state index in [2.05, 4.69) is 4.98 Å². The highest BCUT2D eigenvalue weighted by Crippen LogP contribution is 2.38. The van der Waals surface area contributed by atoms with E-state index >= 15 is 0 Å². The molecule has 6 nitrogen and oxygen atoms in total. The molecular weight excluding hydrogens is 358 g/mol. The van der Waals surface area contributed by atoms with Gasteiger partial charge in [-0.3, -0.25) is 4.79 Å². The third-order valence-corrected chi connectivity index (χ3v) is 5.12. The number of fused-ring (bicyclic) bond motifs is 1. The molecule has 1 aliphatic rings. The van der Waals surface area contributed by atoms with Crippen LogP contribution >= 0.6 is 0 Å². The summed E-state index contributed by atoms with van der Waals surface area (Å²) in [5, 5.41) is 0. The van der Waals surface area contributed by atoms with Crippen molar-refractivity contribution in [2.24, 2.45) is 0 Å². The van der Waals surface area contributed by atoms with Crippen LogP contribution in [-0.2, 0) is 11.2 Å². The van der Waals surface area contributed by atoms with Gasteiger partial charge < -0.3 is 19.2 Å². The molecule has 28 heavy (non-hydrogen) atoms. The van der Waals surface area contributed by atoms with E-state index in [1.54, 1.807) is 27.2 Å². The molecule has 0 amide bonds. The first-order valence-corrected chi connectivity index (χ1v) is 9.25. The van der Waals surface area contributed by atoms with Crippen LogP contribution in [0.5, 0.6) is 11.5 Å². The first kappa shape index (κ1) is 19.7. The van der Waals surface area contributed by atoms with Gasteiger partial charge in [0.05, 0.1) is 14.2 Å². The monoisotopic (exact) mass is 383 g/mol. The SMILES string of the molecule is CC=CCOC(=O)c1[nH]c2c(c1C)C(=O)CC(c1ccc(OC)c(OC)c1)C2. The van der Waals surface area contributed by atoms with E-state index in [1.165, 1.54) is 0 Å². The number of ether oxygens (including phenoxy) is 3. The van der Waals surface area contributed by atoms with Crippen LogP contribution in [0.25, 0.3) is 0 Å². The van der Waals surface area contributed by atoms with Gasteiger partial charge in [0.2, 0.25) is 0 Å². The van der Waals surface area contributed by atoms with Crippen molar-refractivity contribution < 1.29 is 23.8 Å². The van der Waals surface area contributed by atoms with Gasteiger partial charge in [-0.05, 0) is 49.4 Å². The van der Waals surface area contributed by atoms with Crippen LogP contribution in [0.2, 0.25) is 0 Å². The third-order valence-electron chi connectivity index (χ3n) is 5.12. The number of methoxy groups -OCH3 is 2. The van der Waals surface area contributed by atoms with Gasteiger partial charge in [0.25, 0.3) is 0 Å². The number of H-pyrrole nitrogens is 1. The Morgan fingerprint density at radius 1 is 1.21 bits per heavy atom. The summed E-state index contributed by atoms with van der Waals surface area (Å²) < 4.78 is 15.9. The fourth-order valence-corrected chi connectivity index (χ4v) is 3.67. The Balaban J connectivity index is 1.88. The minimum atomic E-state index is -0.444. The summed E-state index contributed by atoms with van der Waals surface area (Å²) in [6.07, 6.45) is 4.60. The Bertz CT molecular complexity index is 925. The Kier molecular flexibility index (Phi) is 5.87.